The number of thiophene rings is 1. The van der Waals surface area contributed by atoms with Gasteiger partial charge in [0, 0.05) is 12.3 Å². The van der Waals surface area contributed by atoms with Crippen molar-refractivity contribution in [1.82, 2.24) is 5.32 Å². The Balaban J connectivity index is 2.35. The Morgan fingerprint density at radius 3 is 2.71 bits per heavy atom. The number of amides is 1. The summed E-state index contributed by atoms with van der Waals surface area (Å²) in [5, 5.41) is 2.44. The number of thioether (sulfide) groups is 1. The van der Waals surface area contributed by atoms with E-state index in [0.29, 0.717) is 4.88 Å². The molecule has 0 spiro atoms. The van der Waals surface area contributed by atoms with Crippen molar-refractivity contribution >= 4 is 44.9 Å². The normalized spacial score (nSPS) is 11.6. The minimum atomic E-state index is -4.24. The van der Waals surface area contributed by atoms with Crippen molar-refractivity contribution in [3.05, 3.63) is 20.3 Å². The first-order chi connectivity index (χ1) is 7.79. The maximum absolute atomic E-state index is 11.8. The fourth-order valence-electron chi connectivity index (χ4n) is 0.990. The zero-order chi connectivity index (χ0) is 13.1. The van der Waals surface area contributed by atoms with E-state index in [4.69, 9.17) is 0 Å². The van der Waals surface area contributed by atoms with Crippen LogP contribution in [0.25, 0.3) is 0 Å². The molecule has 1 N–H and O–H groups in total. The van der Waals surface area contributed by atoms with Gasteiger partial charge in [-0.25, -0.2) is 0 Å². The van der Waals surface area contributed by atoms with E-state index in [1.54, 1.807) is 6.07 Å². The van der Waals surface area contributed by atoms with Crippen LogP contribution in [0.3, 0.4) is 0 Å². The Labute approximate surface area is 113 Å². The number of rotatable bonds is 4. The van der Waals surface area contributed by atoms with Gasteiger partial charge in [0.25, 0.3) is 5.91 Å². The molecule has 0 aliphatic rings. The third kappa shape index (κ3) is 5.31. The Hall–Kier alpha value is -0.210. The molecule has 0 atom stereocenters. The molecule has 96 valence electrons. The van der Waals surface area contributed by atoms with Gasteiger partial charge in [-0.15, -0.1) is 11.3 Å². The third-order valence-corrected chi connectivity index (χ3v) is 4.61. The fourth-order valence-corrected chi connectivity index (χ4v) is 2.88. The summed E-state index contributed by atoms with van der Waals surface area (Å²) >= 11 is 4.40. The van der Waals surface area contributed by atoms with Gasteiger partial charge in [0.05, 0.1) is 8.66 Å². The van der Waals surface area contributed by atoms with Gasteiger partial charge >= 0.3 is 5.51 Å². The first-order valence-electron chi connectivity index (χ1n) is 4.54. The smallest absolute Gasteiger partial charge is 0.351 e. The molecular formula is C9H9BrF3NOS2. The highest BCUT2D eigenvalue weighted by atomic mass is 79.9. The molecule has 8 heteroatoms. The number of halogens is 4. The average Bonchev–Trinajstić information content (AvgIpc) is 2.52. The molecule has 0 aliphatic heterocycles. The minimum absolute atomic E-state index is 0.00240. The topological polar surface area (TPSA) is 29.1 Å². The van der Waals surface area contributed by atoms with Crippen LogP contribution in [0.4, 0.5) is 13.2 Å². The van der Waals surface area contributed by atoms with Gasteiger partial charge in [0.2, 0.25) is 0 Å². The van der Waals surface area contributed by atoms with E-state index in [1.165, 1.54) is 11.3 Å². The Bertz CT molecular complexity index is 386. The molecular weight excluding hydrogens is 339 g/mol. The van der Waals surface area contributed by atoms with Gasteiger partial charge in [-0.2, -0.15) is 13.2 Å². The minimum Gasteiger partial charge on any atom is -0.351 e. The molecule has 1 aromatic rings. The largest absolute Gasteiger partial charge is 0.441 e. The predicted molar refractivity (Wildman–Crippen MR) is 67.6 cm³/mol. The molecule has 0 radical (unpaired) electrons. The molecule has 1 rings (SSSR count). The van der Waals surface area contributed by atoms with Crippen LogP contribution in [-0.2, 0) is 0 Å². The highest BCUT2D eigenvalue weighted by molar-refractivity contribution is 9.11. The zero-order valence-corrected chi connectivity index (χ0v) is 11.9. The molecule has 1 amide bonds. The van der Waals surface area contributed by atoms with Gasteiger partial charge in [0.15, 0.2) is 0 Å². The number of hydrogen-bond acceptors (Lipinski definition) is 3. The van der Waals surface area contributed by atoms with E-state index in [-0.39, 0.29) is 30.0 Å². The van der Waals surface area contributed by atoms with E-state index in [1.807, 2.05) is 6.92 Å². The standard InChI is InChI=1S/C9H9BrF3NOS2/c1-5-4-6(17-7(5)10)8(15)14-2-3-16-9(11,12)13/h4H,2-3H2,1H3,(H,14,15). The van der Waals surface area contributed by atoms with E-state index >= 15 is 0 Å². The summed E-state index contributed by atoms with van der Waals surface area (Å²) in [4.78, 5) is 12.0. The quantitative estimate of drug-likeness (QED) is 0.839. The van der Waals surface area contributed by atoms with Gasteiger partial charge in [0.1, 0.15) is 0 Å². The van der Waals surface area contributed by atoms with Crippen LogP contribution in [0, 0.1) is 6.92 Å². The van der Waals surface area contributed by atoms with Crippen LogP contribution in [-0.4, -0.2) is 23.7 Å². The van der Waals surface area contributed by atoms with Crippen LogP contribution < -0.4 is 5.32 Å². The number of carbonyl (C=O) groups is 1. The second kappa shape index (κ2) is 6.10. The van der Waals surface area contributed by atoms with E-state index in [2.05, 4.69) is 21.2 Å². The van der Waals surface area contributed by atoms with Crippen LogP contribution in [0.15, 0.2) is 9.85 Å². The van der Waals surface area contributed by atoms with Crippen LogP contribution >= 0.6 is 39.0 Å². The lowest BCUT2D eigenvalue weighted by molar-refractivity contribution is -0.0327. The number of nitrogens with one attached hydrogen (secondary N) is 1. The molecule has 0 unspecified atom stereocenters. The molecule has 0 saturated heterocycles. The fraction of sp³-hybridized carbons (Fsp3) is 0.444. The van der Waals surface area contributed by atoms with Crippen LogP contribution in [0.2, 0.25) is 0 Å². The van der Waals surface area contributed by atoms with Crippen LogP contribution in [0.1, 0.15) is 15.2 Å². The van der Waals surface area contributed by atoms with Gasteiger partial charge < -0.3 is 5.32 Å². The third-order valence-electron chi connectivity index (χ3n) is 1.73. The molecule has 17 heavy (non-hydrogen) atoms. The maximum Gasteiger partial charge on any atom is 0.441 e. The number of carbonyl (C=O) groups excluding carboxylic acids is 1. The first kappa shape index (κ1) is 14.8. The summed E-state index contributed by atoms with van der Waals surface area (Å²) in [6.45, 7) is 1.84. The summed E-state index contributed by atoms with van der Waals surface area (Å²) in [6.07, 6.45) is 0. The van der Waals surface area contributed by atoms with E-state index in [0.717, 1.165) is 9.35 Å². The summed E-state index contributed by atoms with van der Waals surface area (Å²) in [7, 11) is 0. The summed E-state index contributed by atoms with van der Waals surface area (Å²) in [5.41, 5.74) is -3.31. The van der Waals surface area contributed by atoms with Gasteiger partial charge in [-0.3, -0.25) is 4.79 Å². The van der Waals surface area contributed by atoms with Crippen molar-refractivity contribution in [2.75, 3.05) is 12.3 Å². The second-order valence-electron chi connectivity index (χ2n) is 3.12. The lowest BCUT2D eigenvalue weighted by Gasteiger charge is -2.05. The molecule has 0 bridgehead atoms. The van der Waals surface area contributed by atoms with Crippen molar-refractivity contribution < 1.29 is 18.0 Å². The molecule has 2 nitrogen and oxygen atoms in total. The molecule has 1 heterocycles. The summed E-state index contributed by atoms with van der Waals surface area (Å²) in [6, 6.07) is 1.70. The van der Waals surface area contributed by atoms with Crippen molar-refractivity contribution in [2.24, 2.45) is 0 Å². The lowest BCUT2D eigenvalue weighted by Crippen LogP contribution is -2.25. The lowest BCUT2D eigenvalue weighted by atomic mass is 10.3. The van der Waals surface area contributed by atoms with Crippen LogP contribution in [0.5, 0.6) is 0 Å². The second-order valence-corrected chi connectivity index (χ2v) is 6.65. The van der Waals surface area contributed by atoms with Gasteiger partial charge in [-0.1, -0.05) is 0 Å². The van der Waals surface area contributed by atoms with Crippen molar-refractivity contribution in [3.63, 3.8) is 0 Å². The van der Waals surface area contributed by atoms with Gasteiger partial charge in [-0.05, 0) is 46.2 Å². The SMILES string of the molecule is Cc1cc(C(=O)NCCSC(F)(F)F)sc1Br. The van der Waals surface area contributed by atoms with E-state index in [9.17, 15) is 18.0 Å². The van der Waals surface area contributed by atoms with Crippen molar-refractivity contribution in [3.8, 4) is 0 Å². The molecule has 0 aromatic carbocycles. The summed E-state index contributed by atoms with van der Waals surface area (Å²) < 4.78 is 36.3. The predicted octanol–water partition coefficient (Wildman–Crippen LogP) is 3.80. The summed E-state index contributed by atoms with van der Waals surface area (Å²) in [5.74, 6) is -0.521. The van der Waals surface area contributed by atoms with Crippen molar-refractivity contribution in [1.29, 1.82) is 0 Å². The number of hydrogen-bond donors (Lipinski definition) is 1. The first-order valence-corrected chi connectivity index (χ1v) is 7.14. The molecule has 0 aliphatic carbocycles. The maximum atomic E-state index is 11.8. The van der Waals surface area contributed by atoms with Crippen molar-refractivity contribution in [2.45, 2.75) is 12.4 Å². The molecule has 0 saturated carbocycles. The number of alkyl halides is 3. The highest BCUT2D eigenvalue weighted by Crippen LogP contribution is 2.29. The molecule has 0 fully saturated rings. The monoisotopic (exact) mass is 347 g/mol. The van der Waals surface area contributed by atoms with E-state index < -0.39 is 5.51 Å². The Kier molecular flexibility index (Phi) is 5.33. The average molecular weight is 348 g/mol. The Morgan fingerprint density at radius 1 is 1.59 bits per heavy atom. The number of aryl methyl sites for hydroxylation is 1. The Morgan fingerprint density at radius 2 is 2.24 bits per heavy atom. The highest BCUT2D eigenvalue weighted by Gasteiger charge is 2.27. The zero-order valence-electron chi connectivity index (χ0n) is 8.73. The molecule has 1 aromatic heterocycles.